The molecule has 0 saturated heterocycles. The fourth-order valence-corrected chi connectivity index (χ4v) is 2.90. The van der Waals surface area contributed by atoms with Crippen molar-refractivity contribution in [3.63, 3.8) is 0 Å². The van der Waals surface area contributed by atoms with Crippen molar-refractivity contribution in [3.8, 4) is 17.1 Å². The molecule has 6 nitrogen and oxygen atoms in total. The van der Waals surface area contributed by atoms with E-state index < -0.39 is 0 Å². The summed E-state index contributed by atoms with van der Waals surface area (Å²) in [6.07, 6.45) is 1.49. The molecule has 0 aliphatic carbocycles. The van der Waals surface area contributed by atoms with E-state index in [0.717, 1.165) is 28.1 Å². The van der Waals surface area contributed by atoms with Crippen molar-refractivity contribution in [2.75, 3.05) is 5.32 Å². The molecule has 0 fully saturated rings. The van der Waals surface area contributed by atoms with E-state index in [9.17, 15) is 0 Å². The highest BCUT2D eigenvalue weighted by Gasteiger charge is 2.11. The van der Waals surface area contributed by atoms with Gasteiger partial charge in [-0.05, 0) is 35.4 Å². The zero-order valence-electron chi connectivity index (χ0n) is 15.8. The van der Waals surface area contributed by atoms with Crippen molar-refractivity contribution < 1.29 is 4.74 Å². The predicted octanol–water partition coefficient (Wildman–Crippen LogP) is 4.32. The van der Waals surface area contributed by atoms with Crippen LogP contribution in [0.4, 0.5) is 11.6 Å². The smallest absolute Gasteiger partial charge is 0.230 e. The molecule has 4 rings (SSSR count). The summed E-state index contributed by atoms with van der Waals surface area (Å²) >= 11 is 0. The minimum absolute atomic E-state index is 0.460. The molecule has 0 aliphatic rings. The summed E-state index contributed by atoms with van der Waals surface area (Å²) in [6.45, 7) is 0.948. The van der Waals surface area contributed by atoms with Crippen molar-refractivity contribution in [2.45, 2.75) is 13.2 Å². The van der Waals surface area contributed by atoms with Gasteiger partial charge in [0.2, 0.25) is 5.95 Å². The number of benzene rings is 3. The molecule has 0 bridgehead atoms. The number of nitrogens with zero attached hydrogens (tertiary/aromatic N) is 3. The minimum Gasteiger partial charge on any atom is -0.488 e. The lowest BCUT2D eigenvalue weighted by molar-refractivity contribution is 0.307. The van der Waals surface area contributed by atoms with Crippen LogP contribution in [-0.4, -0.2) is 15.0 Å². The van der Waals surface area contributed by atoms with Gasteiger partial charge in [0, 0.05) is 12.2 Å². The second-order valence-electron chi connectivity index (χ2n) is 6.43. The topological polar surface area (TPSA) is 86.0 Å². The van der Waals surface area contributed by atoms with Gasteiger partial charge in [-0.3, -0.25) is 0 Å². The number of hydrogen-bond donors (Lipinski definition) is 2. The molecule has 144 valence electrons. The Morgan fingerprint density at radius 2 is 1.62 bits per heavy atom. The molecule has 0 aliphatic heterocycles. The Balaban J connectivity index is 1.56. The van der Waals surface area contributed by atoms with Crippen molar-refractivity contribution in [3.05, 3.63) is 96.3 Å². The Morgan fingerprint density at radius 3 is 2.48 bits per heavy atom. The molecule has 0 unspecified atom stereocenters. The van der Waals surface area contributed by atoms with E-state index in [1.165, 1.54) is 6.33 Å². The van der Waals surface area contributed by atoms with Crippen LogP contribution in [0.15, 0.2) is 85.2 Å². The number of hydrogen-bond acceptors (Lipinski definition) is 6. The van der Waals surface area contributed by atoms with Crippen LogP contribution in [0.5, 0.6) is 5.75 Å². The molecule has 29 heavy (non-hydrogen) atoms. The average Bonchev–Trinajstić information content (AvgIpc) is 2.79. The van der Waals surface area contributed by atoms with E-state index in [2.05, 4.69) is 20.3 Å². The minimum atomic E-state index is 0.460. The lowest BCUT2D eigenvalue weighted by atomic mass is 10.2. The van der Waals surface area contributed by atoms with Crippen LogP contribution < -0.4 is 15.8 Å². The molecule has 6 heteroatoms. The first-order valence-electron chi connectivity index (χ1n) is 9.33. The zero-order valence-corrected chi connectivity index (χ0v) is 15.8. The Hall–Kier alpha value is -3.77. The fraction of sp³-hybridized carbons (Fsp3) is 0.0870. The maximum absolute atomic E-state index is 6.03. The summed E-state index contributed by atoms with van der Waals surface area (Å²) in [5.41, 5.74) is 9.53. The third kappa shape index (κ3) is 4.75. The highest BCUT2D eigenvalue weighted by Crippen LogP contribution is 2.28. The van der Waals surface area contributed by atoms with Crippen molar-refractivity contribution in [1.29, 1.82) is 0 Å². The second kappa shape index (κ2) is 8.95. The molecular formula is C23H21N5O. The van der Waals surface area contributed by atoms with Gasteiger partial charge in [0.05, 0.1) is 5.56 Å². The highest BCUT2D eigenvalue weighted by molar-refractivity contribution is 5.65. The molecular weight excluding hydrogens is 362 g/mol. The van der Waals surface area contributed by atoms with E-state index >= 15 is 0 Å². The Morgan fingerprint density at radius 1 is 0.828 bits per heavy atom. The number of aromatic nitrogens is 3. The summed E-state index contributed by atoms with van der Waals surface area (Å²) < 4.78 is 6.03. The van der Waals surface area contributed by atoms with Gasteiger partial charge in [0.1, 0.15) is 18.7 Å². The summed E-state index contributed by atoms with van der Waals surface area (Å²) in [5.74, 6) is 1.72. The van der Waals surface area contributed by atoms with E-state index in [-0.39, 0.29) is 0 Å². The Bertz CT molecular complexity index is 1090. The van der Waals surface area contributed by atoms with Gasteiger partial charge in [0.15, 0.2) is 5.82 Å². The molecule has 0 atom stereocenters. The summed E-state index contributed by atoms with van der Waals surface area (Å²) in [7, 11) is 0. The first-order valence-corrected chi connectivity index (χ1v) is 9.33. The van der Waals surface area contributed by atoms with Crippen LogP contribution in [0.25, 0.3) is 11.4 Å². The quantitative estimate of drug-likeness (QED) is 0.494. The molecule has 1 aromatic heterocycles. The summed E-state index contributed by atoms with van der Waals surface area (Å²) in [5, 5.41) is 3.21. The number of rotatable bonds is 7. The number of para-hydroxylation sites is 1. The maximum atomic E-state index is 6.03. The van der Waals surface area contributed by atoms with Crippen LogP contribution >= 0.6 is 0 Å². The Kier molecular flexibility index (Phi) is 5.73. The molecule has 0 amide bonds. The van der Waals surface area contributed by atoms with Gasteiger partial charge >= 0.3 is 0 Å². The largest absolute Gasteiger partial charge is 0.488 e. The molecule has 0 radical (unpaired) electrons. The van der Waals surface area contributed by atoms with Gasteiger partial charge in [0.25, 0.3) is 0 Å². The zero-order chi connectivity index (χ0) is 19.9. The van der Waals surface area contributed by atoms with E-state index in [1.54, 1.807) is 0 Å². The first-order chi connectivity index (χ1) is 14.3. The molecule has 0 saturated carbocycles. The van der Waals surface area contributed by atoms with Crippen LogP contribution in [0.1, 0.15) is 11.1 Å². The second-order valence-corrected chi connectivity index (χ2v) is 6.43. The Labute approximate surface area is 169 Å². The SMILES string of the molecule is NCc1cccc(Nc2ncnc(-c3ccccc3OCc3ccccc3)n2)c1. The van der Waals surface area contributed by atoms with Gasteiger partial charge in [-0.25, -0.2) is 9.97 Å². The van der Waals surface area contributed by atoms with Crippen LogP contribution in [0.2, 0.25) is 0 Å². The standard InChI is InChI=1S/C23H21N5O/c24-14-18-9-6-10-19(13-18)27-23-26-16-25-22(28-23)20-11-4-5-12-21(20)29-15-17-7-2-1-3-8-17/h1-13,16H,14-15,24H2,(H,25,26,27,28). The maximum Gasteiger partial charge on any atom is 0.230 e. The molecule has 4 aromatic rings. The predicted molar refractivity (Wildman–Crippen MR) is 114 cm³/mol. The monoisotopic (exact) mass is 383 g/mol. The van der Waals surface area contributed by atoms with Crippen molar-refractivity contribution in [1.82, 2.24) is 15.0 Å². The van der Waals surface area contributed by atoms with Gasteiger partial charge in [-0.2, -0.15) is 4.98 Å². The van der Waals surface area contributed by atoms with Crippen LogP contribution in [0, 0.1) is 0 Å². The van der Waals surface area contributed by atoms with Gasteiger partial charge < -0.3 is 15.8 Å². The molecule has 1 heterocycles. The third-order valence-electron chi connectivity index (χ3n) is 4.36. The number of ether oxygens (including phenoxy) is 1. The number of anilines is 2. The lowest BCUT2D eigenvalue weighted by Gasteiger charge is -2.11. The number of nitrogens with one attached hydrogen (secondary N) is 1. The van der Waals surface area contributed by atoms with Crippen molar-refractivity contribution in [2.24, 2.45) is 5.73 Å². The van der Waals surface area contributed by atoms with E-state index in [4.69, 9.17) is 10.5 Å². The van der Waals surface area contributed by atoms with Gasteiger partial charge in [-0.15, -0.1) is 0 Å². The first kappa shape index (κ1) is 18.6. The van der Waals surface area contributed by atoms with Gasteiger partial charge in [-0.1, -0.05) is 54.6 Å². The number of nitrogens with two attached hydrogens (primary N) is 1. The van der Waals surface area contributed by atoms with Crippen molar-refractivity contribution >= 4 is 11.6 Å². The molecule has 3 aromatic carbocycles. The highest BCUT2D eigenvalue weighted by atomic mass is 16.5. The fourth-order valence-electron chi connectivity index (χ4n) is 2.90. The summed E-state index contributed by atoms with van der Waals surface area (Å²) in [4.78, 5) is 13.1. The van der Waals surface area contributed by atoms with Crippen LogP contribution in [0.3, 0.4) is 0 Å². The average molecular weight is 383 g/mol. The normalized spacial score (nSPS) is 10.5. The summed E-state index contributed by atoms with van der Waals surface area (Å²) in [6, 6.07) is 25.6. The van der Waals surface area contributed by atoms with Crippen LogP contribution in [-0.2, 0) is 13.2 Å². The lowest BCUT2D eigenvalue weighted by Crippen LogP contribution is -2.03. The third-order valence-corrected chi connectivity index (χ3v) is 4.36. The van der Waals surface area contributed by atoms with E-state index in [1.807, 2.05) is 78.9 Å². The molecule has 3 N–H and O–H groups in total. The molecule has 0 spiro atoms. The van der Waals surface area contributed by atoms with E-state index in [0.29, 0.717) is 24.9 Å².